The molecule has 0 aliphatic carbocycles. The standard InChI is InChI=1S/C23H25N3/c1-16(2)20-14-22-23(15-24-20)25(19-11-6-5-7-12-19)18(4)26(22)21-13-9-8-10-17(21)3/h5-16,18H,1-4H3. The first-order chi connectivity index (χ1) is 12.6. The number of pyridine rings is 1. The second-order valence-electron chi connectivity index (χ2n) is 7.25. The molecule has 0 fully saturated rings. The highest BCUT2D eigenvalue weighted by molar-refractivity contribution is 5.88. The number of hydrogen-bond acceptors (Lipinski definition) is 3. The van der Waals surface area contributed by atoms with E-state index < -0.39 is 0 Å². The lowest BCUT2D eigenvalue weighted by molar-refractivity contribution is 0.759. The minimum absolute atomic E-state index is 0.178. The van der Waals surface area contributed by atoms with Gasteiger partial charge in [0.25, 0.3) is 0 Å². The predicted octanol–water partition coefficient (Wildman–Crippen LogP) is 6.15. The Hall–Kier alpha value is -2.81. The molecule has 26 heavy (non-hydrogen) atoms. The molecule has 1 unspecified atom stereocenters. The molecular formula is C23H25N3. The van der Waals surface area contributed by atoms with E-state index in [0.717, 1.165) is 11.4 Å². The highest BCUT2D eigenvalue weighted by Gasteiger charge is 2.36. The quantitative estimate of drug-likeness (QED) is 0.568. The summed E-state index contributed by atoms with van der Waals surface area (Å²) in [5.74, 6) is 0.403. The van der Waals surface area contributed by atoms with Crippen LogP contribution in [0.25, 0.3) is 0 Å². The van der Waals surface area contributed by atoms with Crippen molar-refractivity contribution < 1.29 is 0 Å². The summed E-state index contributed by atoms with van der Waals surface area (Å²) in [6.45, 7) is 8.83. The van der Waals surface area contributed by atoms with Crippen LogP contribution in [0.1, 0.15) is 37.9 Å². The van der Waals surface area contributed by atoms with Gasteiger partial charge in [0.15, 0.2) is 0 Å². The van der Waals surface area contributed by atoms with Crippen LogP contribution in [0.5, 0.6) is 0 Å². The number of benzene rings is 2. The van der Waals surface area contributed by atoms with Gasteiger partial charge in [-0.2, -0.15) is 0 Å². The van der Waals surface area contributed by atoms with Gasteiger partial charge in [-0.25, -0.2) is 0 Å². The fourth-order valence-electron chi connectivity index (χ4n) is 3.77. The number of fused-ring (bicyclic) bond motifs is 1. The average molecular weight is 343 g/mol. The molecule has 2 aromatic carbocycles. The van der Waals surface area contributed by atoms with Crippen LogP contribution in [-0.4, -0.2) is 11.1 Å². The Bertz CT molecular complexity index is 918. The first-order valence-corrected chi connectivity index (χ1v) is 9.27. The number of nitrogens with zero attached hydrogens (tertiary/aromatic N) is 3. The number of hydrogen-bond donors (Lipinski definition) is 0. The molecule has 3 nitrogen and oxygen atoms in total. The van der Waals surface area contributed by atoms with E-state index >= 15 is 0 Å². The van der Waals surface area contributed by atoms with Gasteiger partial charge in [-0.15, -0.1) is 0 Å². The van der Waals surface area contributed by atoms with Gasteiger partial charge in [-0.05, 0) is 49.6 Å². The maximum absolute atomic E-state index is 4.74. The topological polar surface area (TPSA) is 19.4 Å². The minimum Gasteiger partial charge on any atom is -0.318 e. The Morgan fingerprint density at radius 3 is 2.23 bits per heavy atom. The lowest BCUT2D eigenvalue weighted by Gasteiger charge is -2.31. The first kappa shape index (κ1) is 16.6. The van der Waals surface area contributed by atoms with Crippen molar-refractivity contribution in [3.05, 3.63) is 78.1 Å². The summed E-state index contributed by atoms with van der Waals surface area (Å²) in [5, 5.41) is 0. The Labute approximate surface area is 155 Å². The van der Waals surface area contributed by atoms with Gasteiger partial charge in [-0.1, -0.05) is 50.2 Å². The van der Waals surface area contributed by atoms with Crippen LogP contribution in [-0.2, 0) is 0 Å². The molecule has 0 saturated heterocycles. The van der Waals surface area contributed by atoms with Crippen LogP contribution in [0.15, 0.2) is 66.9 Å². The Morgan fingerprint density at radius 1 is 0.846 bits per heavy atom. The van der Waals surface area contributed by atoms with Gasteiger partial charge >= 0.3 is 0 Å². The molecule has 3 aromatic rings. The Kier molecular flexibility index (Phi) is 4.15. The molecule has 0 radical (unpaired) electrons. The molecule has 0 spiro atoms. The monoisotopic (exact) mass is 343 g/mol. The van der Waals surface area contributed by atoms with Crippen molar-refractivity contribution in [2.24, 2.45) is 0 Å². The fraction of sp³-hybridized carbons (Fsp3) is 0.261. The third-order valence-electron chi connectivity index (χ3n) is 5.15. The Balaban J connectivity index is 1.92. The maximum atomic E-state index is 4.74. The second kappa shape index (κ2) is 6.49. The van der Waals surface area contributed by atoms with Crippen molar-refractivity contribution in [1.29, 1.82) is 0 Å². The van der Waals surface area contributed by atoms with Gasteiger partial charge in [0, 0.05) is 17.1 Å². The minimum atomic E-state index is 0.178. The maximum Gasteiger partial charge on any atom is 0.108 e. The highest BCUT2D eigenvalue weighted by Crippen LogP contribution is 2.48. The van der Waals surface area contributed by atoms with Gasteiger partial charge in [0.2, 0.25) is 0 Å². The number of anilines is 4. The molecule has 0 bridgehead atoms. The molecule has 1 atom stereocenters. The number of aryl methyl sites for hydroxylation is 1. The molecule has 3 heteroatoms. The third-order valence-corrected chi connectivity index (χ3v) is 5.15. The van der Waals surface area contributed by atoms with E-state index in [1.807, 2.05) is 6.20 Å². The zero-order valence-corrected chi connectivity index (χ0v) is 15.8. The first-order valence-electron chi connectivity index (χ1n) is 9.27. The summed E-state index contributed by atoms with van der Waals surface area (Å²) >= 11 is 0. The third kappa shape index (κ3) is 2.64. The molecule has 0 amide bonds. The molecular weight excluding hydrogens is 318 g/mol. The number of rotatable bonds is 3. The summed E-state index contributed by atoms with van der Waals surface area (Å²) in [4.78, 5) is 9.55. The molecule has 1 aliphatic heterocycles. The zero-order valence-electron chi connectivity index (χ0n) is 15.8. The predicted molar refractivity (Wildman–Crippen MR) is 110 cm³/mol. The molecule has 1 aliphatic rings. The normalized spacial score (nSPS) is 16.3. The van der Waals surface area contributed by atoms with Crippen LogP contribution in [0, 0.1) is 6.92 Å². The SMILES string of the molecule is Cc1ccccc1N1c2cc(C(C)C)ncc2N(c2ccccc2)C1C. The van der Waals surface area contributed by atoms with E-state index in [0.29, 0.717) is 5.92 Å². The molecule has 1 aromatic heterocycles. The second-order valence-corrected chi connectivity index (χ2v) is 7.25. The van der Waals surface area contributed by atoms with Crippen LogP contribution < -0.4 is 9.80 Å². The zero-order chi connectivity index (χ0) is 18.3. The van der Waals surface area contributed by atoms with Crippen LogP contribution in [0.3, 0.4) is 0 Å². The van der Waals surface area contributed by atoms with Crippen LogP contribution in [0.2, 0.25) is 0 Å². The van der Waals surface area contributed by atoms with Gasteiger partial charge in [0.05, 0.1) is 17.6 Å². The fourth-order valence-corrected chi connectivity index (χ4v) is 3.77. The van der Waals surface area contributed by atoms with E-state index in [1.165, 1.54) is 22.6 Å². The van der Waals surface area contributed by atoms with E-state index in [9.17, 15) is 0 Å². The molecule has 0 saturated carbocycles. The molecule has 0 N–H and O–H groups in total. The van der Waals surface area contributed by atoms with Crippen molar-refractivity contribution in [1.82, 2.24) is 4.98 Å². The van der Waals surface area contributed by atoms with Crippen molar-refractivity contribution in [3.63, 3.8) is 0 Å². The van der Waals surface area contributed by atoms with E-state index in [4.69, 9.17) is 4.98 Å². The number of aromatic nitrogens is 1. The van der Waals surface area contributed by atoms with E-state index in [2.05, 4.69) is 98.2 Å². The lowest BCUT2D eigenvalue weighted by atomic mass is 10.1. The van der Waals surface area contributed by atoms with Gasteiger partial charge in [0.1, 0.15) is 6.17 Å². The summed E-state index contributed by atoms with van der Waals surface area (Å²) < 4.78 is 0. The van der Waals surface area contributed by atoms with Crippen LogP contribution in [0.4, 0.5) is 22.7 Å². The van der Waals surface area contributed by atoms with Crippen LogP contribution >= 0.6 is 0 Å². The van der Waals surface area contributed by atoms with Crippen molar-refractivity contribution in [2.75, 3.05) is 9.80 Å². The van der Waals surface area contributed by atoms with Gasteiger partial charge < -0.3 is 9.80 Å². The molecule has 2 heterocycles. The summed E-state index contributed by atoms with van der Waals surface area (Å²) in [7, 11) is 0. The average Bonchev–Trinajstić information content (AvgIpc) is 2.94. The number of para-hydroxylation sites is 2. The van der Waals surface area contributed by atoms with Crippen molar-refractivity contribution in [2.45, 2.75) is 39.8 Å². The smallest absolute Gasteiger partial charge is 0.108 e. The summed E-state index contributed by atoms with van der Waals surface area (Å²) in [5.41, 5.74) is 7.25. The van der Waals surface area contributed by atoms with Crippen molar-refractivity contribution >= 4 is 22.7 Å². The van der Waals surface area contributed by atoms with Gasteiger partial charge in [-0.3, -0.25) is 4.98 Å². The van der Waals surface area contributed by atoms with E-state index in [-0.39, 0.29) is 6.17 Å². The van der Waals surface area contributed by atoms with Crippen molar-refractivity contribution in [3.8, 4) is 0 Å². The highest BCUT2D eigenvalue weighted by atomic mass is 15.4. The lowest BCUT2D eigenvalue weighted by Crippen LogP contribution is -2.35. The summed E-state index contributed by atoms with van der Waals surface area (Å²) in [6, 6.07) is 21.4. The molecule has 4 rings (SSSR count). The molecule has 132 valence electrons. The van der Waals surface area contributed by atoms with E-state index in [1.54, 1.807) is 0 Å². The largest absolute Gasteiger partial charge is 0.318 e. The summed E-state index contributed by atoms with van der Waals surface area (Å²) in [6.07, 6.45) is 2.21. The Morgan fingerprint density at radius 2 is 1.54 bits per heavy atom.